The van der Waals surface area contributed by atoms with Gasteiger partial charge in [-0.05, 0) is 44.4 Å². The lowest BCUT2D eigenvalue weighted by molar-refractivity contribution is -0.165. The van der Waals surface area contributed by atoms with Crippen LogP contribution in [0.25, 0.3) is 0 Å². The van der Waals surface area contributed by atoms with Crippen LogP contribution in [0, 0.1) is 11.8 Å². The average Bonchev–Trinajstić information content (AvgIpc) is 3.29. The second kappa shape index (κ2) is 4.20. The third-order valence-corrected chi connectivity index (χ3v) is 5.33. The number of rotatable bonds is 3. The average molecular weight is 278 g/mol. The molecule has 0 aromatic rings. The van der Waals surface area contributed by atoms with Crippen molar-refractivity contribution in [3.05, 3.63) is 0 Å². The molecule has 1 unspecified atom stereocenters. The zero-order valence-corrected chi connectivity index (χ0v) is 11.8. The Hall–Kier alpha value is -1.10. The maximum atomic E-state index is 12.5. The van der Waals surface area contributed by atoms with E-state index < -0.39 is 5.60 Å². The van der Waals surface area contributed by atoms with Crippen LogP contribution in [-0.4, -0.2) is 58.0 Å². The number of amides is 2. The molecule has 2 saturated carbocycles. The Bertz CT molecular complexity index is 450. The van der Waals surface area contributed by atoms with Crippen molar-refractivity contribution in [1.82, 2.24) is 9.80 Å². The Morgan fingerprint density at radius 2 is 1.70 bits per heavy atom. The lowest BCUT2D eigenvalue weighted by Gasteiger charge is -2.48. The lowest BCUT2D eigenvalue weighted by Crippen LogP contribution is -2.67. The van der Waals surface area contributed by atoms with E-state index in [1.165, 1.54) is 0 Å². The van der Waals surface area contributed by atoms with Crippen molar-refractivity contribution in [2.24, 2.45) is 11.8 Å². The Morgan fingerprint density at radius 1 is 1.00 bits per heavy atom. The van der Waals surface area contributed by atoms with Crippen molar-refractivity contribution < 1.29 is 14.7 Å². The standard InChI is InChI=1S/C15H22N2O3/c18-13(10-3-4-10)17-7-1-2-12(17)14(19)16-8-15(20,9-16)11-5-6-11/h10-12,20H,1-9H2. The van der Waals surface area contributed by atoms with Crippen LogP contribution in [0.1, 0.15) is 38.5 Å². The van der Waals surface area contributed by atoms with Crippen LogP contribution in [0.5, 0.6) is 0 Å². The summed E-state index contributed by atoms with van der Waals surface area (Å²) in [6.45, 7) is 1.67. The van der Waals surface area contributed by atoms with Crippen LogP contribution in [0.3, 0.4) is 0 Å². The minimum Gasteiger partial charge on any atom is -0.386 e. The lowest BCUT2D eigenvalue weighted by atomic mass is 9.88. The summed E-state index contributed by atoms with van der Waals surface area (Å²) in [5, 5.41) is 10.3. The van der Waals surface area contributed by atoms with Crippen molar-refractivity contribution in [2.45, 2.75) is 50.2 Å². The normalized spacial score (nSPS) is 32.1. The Labute approximate surface area is 118 Å². The monoisotopic (exact) mass is 278 g/mol. The fraction of sp³-hybridized carbons (Fsp3) is 0.867. The molecule has 2 saturated heterocycles. The van der Waals surface area contributed by atoms with Gasteiger partial charge < -0.3 is 14.9 Å². The summed E-state index contributed by atoms with van der Waals surface area (Å²) in [6, 6.07) is -0.258. The predicted molar refractivity (Wildman–Crippen MR) is 71.7 cm³/mol. The SMILES string of the molecule is O=C(C1CCCN1C(=O)C1CC1)N1CC(O)(C2CC2)C1. The fourth-order valence-electron chi connectivity index (χ4n) is 3.71. The first-order valence-electron chi connectivity index (χ1n) is 7.90. The number of likely N-dealkylation sites (tertiary alicyclic amines) is 2. The topological polar surface area (TPSA) is 60.9 Å². The van der Waals surface area contributed by atoms with Crippen molar-refractivity contribution in [3.8, 4) is 0 Å². The molecule has 0 radical (unpaired) electrons. The van der Waals surface area contributed by atoms with Crippen LogP contribution >= 0.6 is 0 Å². The number of hydrogen-bond donors (Lipinski definition) is 1. The van der Waals surface area contributed by atoms with Gasteiger partial charge in [0.05, 0.1) is 13.1 Å². The Balaban J connectivity index is 1.39. The molecule has 110 valence electrons. The molecule has 5 heteroatoms. The van der Waals surface area contributed by atoms with E-state index in [1.807, 2.05) is 0 Å². The van der Waals surface area contributed by atoms with E-state index in [9.17, 15) is 14.7 Å². The molecule has 20 heavy (non-hydrogen) atoms. The number of aliphatic hydroxyl groups is 1. The molecule has 2 amide bonds. The van der Waals surface area contributed by atoms with Gasteiger partial charge in [0.15, 0.2) is 0 Å². The van der Waals surface area contributed by atoms with E-state index in [2.05, 4.69) is 0 Å². The molecule has 4 rings (SSSR count). The van der Waals surface area contributed by atoms with Gasteiger partial charge in [0.25, 0.3) is 0 Å². The Morgan fingerprint density at radius 3 is 2.30 bits per heavy atom. The summed E-state index contributed by atoms with van der Waals surface area (Å²) in [6.07, 6.45) is 5.87. The molecule has 4 aliphatic rings. The molecular formula is C15H22N2O3. The summed E-state index contributed by atoms with van der Waals surface area (Å²) in [5.41, 5.74) is -0.625. The quantitative estimate of drug-likeness (QED) is 0.811. The summed E-state index contributed by atoms with van der Waals surface area (Å²) in [7, 11) is 0. The van der Waals surface area contributed by atoms with Crippen molar-refractivity contribution in [3.63, 3.8) is 0 Å². The molecule has 0 aromatic heterocycles. The summed E-state index contributed by atoms with van der Waals surface area (Å²) < 4.78 is 0. The highest BCUT2D eigenvalue weighted by molar-refractivity contribution is 5.90. The van der Waals surface area contributed by atoms with Crippen molar-refractivity contribution in [1.29, 1.82) is 0 Å². The minimum atomic E-state index is -0.625. The molecule has 1 atom stereocenters. The third kappa shape index (κ3) is 1.94. The van der Waals surface area contributed by atoms with Crippen LogP contribution in [0.2, 0.25) is 0 Å². The zero-order chi connectivity index (χ0) is 13.9. The third-order valence-electron chi connectivity index (χ3n) is 5.33. The number of carbonyl (C=O) groups excluding carboxylic acids is 2. The summed E-state index contributed by atoms with van der Waals surface area (Å²) >= 11 is 0. The molecule has 0 aromatic carbocycles. The van der Waals surface area contributed by atoms with E-state index in [0.29, 0.717) is 19.0 Å². The van der Waals surface area contributed by atoms with E-state index in [-0.39, 0.29) is 23.8 Å². The molecule has 0 bridgehead atoms. The smallest absolute Gasteiger partial charge is 0.245 e. The van der Waals surface area contributed by atoms with E-state index in [1.54, 1.807) is 9.80 Å². The number of nitrogens with zero attached hydrogens (tertiary/aromatic N) is 2. The Kier molecular flexibility index (Phi) is 2.65. The van der Waals surface area contributed by atoms with E-state index >= 15 is 0 Å². The molecule has 1 N–H and O–H groups in total. The van der Waals surface area contributed by atoms with Gasteiger partial charge >= 0.3 is 0 Å². The van der Waals surface area contributed by atoms with E-state index in [0.717, 1.165) is 45.1 Å². The minimum absolute atomic E-state index is 0.0572. The summed E-state index contributed by atoms with van der Waals surface area (Å²) in [5.74, 6) is 0.822. The molecule has 4 fully saturated rings. The molecule has 5 nitrogen and oxygen atoms in total. The maximum absolute atomic E-state index is 12.5. The highest BCUT2D eigenvalue weighted by Gasteiger charge is 2.55. The van der Waals surface area contributed by atoms with Crippen LogP contribution in [0.4, 0.5) is 0 Å². The number of carbonyl (C=O) groups is 2. The predicted octanol–water partition coefficient (Wildman–Crippen LogP) is 0.371. The highest BCUT2D eigenvalue weighted by Crippen LogP contribution is 2.45. The van der Waals surface area contributed by atoms with Crippen molar-refractivity contribution >= 4 is 11.8 Å². The van der Waals surface area contributed by atoms with Gasteiger partial charge in [0, 0.05) is 12.5 Å². The first kappa shape index (κ1) is 12.6. The van der Waals surface area contributed by atoms with Gasteiger partial charge in [0.1, 0.15) is 11.6 Å². The van der Waals surface area contributed by atoms with Crippen LogP contribution in [-0.2, 0) is 9.59 Å². The number of β-amino-alcohol motifs (C(OH)–C–C–N with tert-alkyl or cyclic N) is 1. The van der Waals surface area contributed by atoms with Crippen LogP contribution in [0.15, 0.2) is 0 Å². The van der Waals surface area contributed by atoms with Gasteiger partial charge in [-0.3, -0.25) is 9.59 Å². The van der Waals surface area contributed by atoms with Crippen molar-refractivity contribution in [2.75, 3.05) is 19.6 Å². The fourth-order valence-corrected chi connectivity index (χ4v) is 3.71. The highest BCUT2D eigenvalue weighted by atomic mass is 16.3. The first-order valence-corrected chi connectivity index (χ1v) is 7.90. The van der Waals surface area contributed by atoms with Gasteiger partial charge in [-0.1, -0.05) is 0 Å². The molecule has 2 heterocycles. The van der Waals surface area contributed by atoms with Crippen LogP contribution < -0.4 is 0 Å². The zero-order valence-electron chi connectivity index (χ0n) is 11.8. The van der Waals surface area contributed by atoms with Gasteiger partial charge in [-0.2, -0.15) is 0 Å². The molecular weight excluding hydrogens is 256 g/mol. The summed E-state index contributed by atoms with van der Waals surface area (Å²) in [4.78, 5) is 28.3. The second-order valence-corrected chi connectivity index (χ2v) is 7.04. The van der Waals surface area contributed by atoms with Gasteiger partial charge in [0.2, 0.25) is 11.8 Å². The van der Waals surface area contributed by atoms with Gasteiger partial charge in [-0.25, -0.2) is 0 Å². The molecule has 2 aliphatic heterocycles. The number of hydrogen-bond acceptors (Lipinski definition) is 3. The molecule has 2 aliphatic carbocycles. The van der Waals surface area contributed by atoms with E-state index in [4.69, 9.17) is 0 Å². The molecule has 0 spiro atoms. The second-order valence-electron chi connectivity index (χ2n) is 7.04. The first-order chi connectivity index (χ1) is 9.58. The maximum Gasteiger partial charge on any atom is 0.245 e. The van der Waals surface area contributed by atoms with Gasteiger partial charge in [-0.15, -0.1) is 0 Å². The largest absolute Gasteiger partial charge is 0.386 e.